The molecule has 0 spiro atoms. The molecular weight excluding hydrogens is 372 g/mol. The van der Waals surface area contributed by atoms with E-state index in [1.165, 1.54) is 29.1 Å². The second-order valence-corrected chi connectivity index (χ2v) is 6.26. The van der Waals surface area contributed by atoms with Gasteiger partial charge in [0, 0.05) is 28.8 Å². The van der Waals surface area contributed by atoms with Crippen molar-refractivity contribution in [2.75, 3.05) is 0 Å². The first-order chi connectivity index (χ1) is 13.0. The van der Waals surface area contributed by atoms with Gasteiger partial charge in [0.25, 0.3) is 11.2 Å². The Balaban J connectivity index is 1.65. The molecule has 0 fully saturated rings. The van der Waals surface area contributed by atoms with Crippen molar-refractivity contribution in [3.63, 3.8) is 0 Å². The van der Waals surface area contributed by atoms with Crippen LogP contribution >= 0.6 is 11.6 Å². The van der Waals surface area contributed by atoms with Gasteiger partial charge in [-0.2, -0.15) is 0 Å². The normalized spacial score (nSPS) is 11.0. The maximum atomic E-state index is 12.6. The monoisotopic (exact) mass is 382 g/mol. The van der Waals surface area contributed by atoms with E-state index >= 15 is 0 Å². The van der Waals surface area contributed by atoms with Crippen molar-refractivity contribution in [1.82, 2.24) is 14.7 Å². The van der Waals surface area contributed by atoms with Crippen LogP contribution < -0.4 is 5.56 Å². The van der Waals surface area contributed by atoms with E-state index in [2.05, 4.69) is 10.1 Å². The van der Waals surface area contributed by atoms with Gasteiger partial charge in [-0.3, -0.25) is 19.5 Å². The van der Waals surface area contributed by atoms with Gasteiger partial charge in [0.1, 0.15) is 5.69 Å². The number of benzene rings is 2. The highest BCUT2D eigenvalue weighted by Crippen LogP contribution is 2.22. The minimum Gasteiger partial charge on any atom is -0.359 e. The van der Waals surface area contributed by atoms with Gasteiger partial charge in [-0.05, 0) is 18.2 Å². The molecule has 27 heavy (non-hydrogen) atoms. The van der Waals surface area contributed by atoms with Crippen LogP contribution in [0.15, 0.2) is 64.2 Å². The molecule has 0 saturated heterocycles. The lowest BCUT2D eigenvalue weighted by molar-refractivity contribution is -0.384. The van der Waals surface area contributed by atoms with E-state index in [1.807, 2.05) is 12.1 Å². The zero-order chi connectivity index (χ0) is 19.0. The van der Waals surface area contributed by atoms with Crippen molar-refractivity contribution in [1.29, 1.82) is 0 Å². The van der Waals surface area contributed by atoms with Gasteiger partial charge < -0.3 is 4.52 Å². The first kappa shape index (κ1) is 16.9. The van der Waals surface area contributed by atoms with Gasteiger partial charge in [-0.15, -0.1) is 0 Å². The summed E-state index contributed by atoms with van der Waals surface area (Å²) in [5.74, 6) is 0.477. The average Bonchev–Trinajstić information content (AvgIpc) is 3.13. The minimum absolute atomic E-state index is 0.116. The lowest BCUT2D eigenvalue weighted by atomic mass is 10.1. The summed E-state index contributed by atoms with van der Waals surface area (Å²) in [6.07, 6.45) is 1.33. The van der Waals surface area contributed by atoms with Gasteiger partial charge in [0.05, 0.1) is 28.7 Å². The Labute approximate surface area is 156 Å². The lowest BCUT2D eigenvalue weighted by Crippen LogP contribution is -2.21. The summed E-state index contributed by atoms with van der Waals surface area (Å²) in [6, 6.07) is 12.8. The van der Waals surface area contributed by atoms with Crippen LogP contribution in [0.1, 0.15) is 5.76 Å². The number of hydrogen-bond acceptors (Lipinski definition) is 6. The first-order valence-corrected chi connectivity index (χ1v) is 8.24. The van der Waals surface area contributed by atoms with Crippen LogP contribution in [0.25, 0.3) is 22.2 Å². The molecular formula is C18H11ClN4O4. The van der Waals surface area contributed by atoms with Crippen LogP contribution in [0.5, 0.6) is 0 Å². The Bertz CT molecular complexity index is 1210. The Hall–Kier alpha value is -3.52. The van der Waals surface area contributed by atoms with Crippen molar-refractivity contribution < 1.29 is 9.45 Å². The van der Waals surface area contributed by atoms with Crippen molar-refractivity contribution in [2.45, 2.75) is 6.54 Å². The summed E-state index contributed by atoms with van der Waals surface area (Å²) in [5, 5.41) is 15.8. The molecule has 0 atom stereocenters. The number of nitrogens with zero attached hydrogens (tertiary/aromatic N) is 4. The topological polar surface area (TPSA) is 104 Å². The molecule has 0 bridgehead atoms. The van der Waals surface area contributed by atoms with Gasteiger partial charge in [0.2, 0.25) is 0 Å². The molecule has 0 unspecified atom stereocenters. The average molecular weight is 383 g/mol. The largest absolute Gasteiger partial charge is 0.359 e. The number of nitro benzene ring substituents is 1. The molecule has 2 heterocycles. The number of halogens is 1. The SMILES string of the molecule is O=c1c2ccc([N+](=O)[O-])cc2ncn1Cc1cc(-c2ccc(Cl)cc2)no1. The summed E-state index contributed by atoms with van der Waals surface area (Å²) in [7, 11) is 0. The quantitative estimate of drug-likeness (QED) is 0.394. The van der Waals surface area contributed by atoms with E-state index in [0.717, 1.165) is 5.56 Å². The zero-order valence-electron chi connectivity index (χ0n) is 13.7. The van der Waals surface area contributed by atoms with Gasteiger partial charge in [0.15, 0.2) is 5.76 Å². The molecule has 0 saturated carbocycles. The summed E-state index contributed by atoms with van der Waals surface area (Å²) in [6.45, 7) is 0.138. The van der Waals surface area contributed by atoms with Crippen LogP contribution in [0, 0.1) is 10.1 Å². The molecule has 134 valence electrons. The van der Waals surface area contributed by atoms with Crippen LogP contribution in [0.4, 0.5) is 5.69 Å². The van der Waals surface area contributed by atoms with Crippen molar-refractivity contribution in [3.8, 4) is 11.3 Å². The number of fused-ring (bicyclic) bond motifs is 1. The number of hydrogen-bond donors (Lipinski definition) is 0. The fraction of sp³-hybridized carbons (Fsp3) is 0.0556. The number of nitro groups is 1. The molecule has 2 aromatic heterocycles. The van der Waals surface area contributed by atoms with Crippen molar-refractivity contribution in [2.24, 2.45) is 0 Å². The Morgan fingerprint density at radius 3 is 2.67 bits per heavy atom. The third-order valence-electron chi connectivity index (χ3n) is 4.04. The fourth-order valence-corrected chi connectivity index (χ4v) is 2.81. The van der Waals surface area contributed by atoms with E-state index in [0.29, 0.717) is 21.9 Å². The predicted octanol–water partition coefficient (Wildman–Crippen LogP) is 3.66. The Morgan fingerprint density at radius 2 is 1.93 bits per heavy atom. The second kappa shape index (κ2) is 6.65. The number of aromatic nitrogens is 3. The molecule has 0 aliphatic heterocycles. The maximum Gasteiger partial charge on any atom is 0.271 e. The molecule has 0 aliphatic carbocycles. The van der Waals surface area contributed by atoms with Crippen LogP contribution in [0.3, 0.4) is 0 Å². The highest BCUT2D eigenvalue weighted by atomic mass is 35.5. The van der Waals surface area contributed by atoms with E-state index in [9.17, 15) is 14.9 Å². The molecule has 4 aromatic rings. The molecule has 0 N–H and O–H groups in total. The first-order valence-electron chi connectivity index (χ1n) is 7.86. The standard InChI is InChI=1S/C18H11ClN4O4/c19-12-3-1-11(2-4-12)16-8-14(27-21-16)9-22-10-20-17-7-13(23(25)26)5-6-15(17)18(22)24/h1-8,10H,9H2. The smallest absolute Gasteiger partial charge is 0.271 e. The molecule has 0 aliphatic rings. The molecule has 9 heteroatoms. The zero-order valence-corrected chi connectivity index (χ0v) is 14.5. The van der Waals surface area contributed by atoms with E-state index in [1.54, 1.807) is 18.2 Å². The van der Waals surface area contributed by atoms with Gasteiger partial charge in [-0.25, -0.2) is 4.98 Å². The molecule has 2 aromatic carbocycles. The highest BCUT2D eigenvalue weighted by molar-refractivity contribution is 6.30. The third kappa shape index (κ3) is 3.30. The summed E-state index contributed by atoms with van der Waals surface area (Å²) in [4.78, 5) is 27.1. The molecule has 0 radical (unpaired) electrons. The Morgan fingerprint density at radius 1 is 1.15 bits per heavy atom. The molecule has 0 amide bonds. The molecule has 4 rings (SSSR count). The van der Waals surface area contributed by atoms with Crippen LogP contribution in [0.2, 0.25) is 5.02 Å². The summed E-state index contributed by atoms with van der Waals surface area (Å²) >= 11 is 5.88. The van der Waals surface area contributed by atoms with Crippen molar-refractivity contribution >= 4 is 28.2 Å². The van der Waals surface area contributed by atoms with Crippen LogP contribution in [-0.2, 0) is 6.54 Å². The van der Waals surface area contributed by atoms with Gasteiger partial charge >= 0.3 is 0 Å². The maximum absolute atomic E-state index is 12.6. The lowest BCUT2D eigenvalue weighted by Gasteiger charge is -2.04. The number of rotatable bonds is 4. The van der Waals surface area contributed by atoms with E-state index < -0.39 is 4.92 Å². The summed E-state index contributed by atoms with van der Waals surface area (Å²) in [5.41, 5.74) is 1.30. The third-order valence-corrected chi connectivity index (χ3v) is 4.30. The summed E-state index contributed by atoms with van der Waals surface area (Å²) < 4.78 is 6.67. The minimum atomic E-state index is -0.528. The molecule has 8 nitrogen and oxygen atoms in total. The van der Waals surface area contributed by atoms with Gasteiger partial charge in [-0.1, -0.05) is 28.9 Å². The highest BCUT2D eigenvalue weighted by Gasteiger charge is 2.12. The van der Waals surface area contributed by atoms with E-state index in [-0.39, 0.29) is 23.3 Å². The van der Waals surface area contributed by atoms with E-state index in [4.69, 9.17) is 16.1 Å². The number of non-ortho nitro benzene ring substituents is 1. The fourth-order valence-electron chi connectivity index (χ4n) is 2.69. The Kier molecular flexibility index (Phi) is 4.17. The van der Waals surface area contributed by atoms with Crippen LogP contribution in [-0.4, -0.2) is 19.6 Å². The predicted molar refractivity (Wildman–Crippen MR) is 98.7 cm³/mol. The second-order valence-electron chi connectivity index (χ2n) is 5.82. The van der Waals surface area contributed by atoms with Crippen molar-refractivity contribution in [3.05, 3.63) is 86.1 Å².